The molecule has 2 atom stereocenters. The molecular weight excluding hydrogens is 400 g/mol. The number of esters is 2. The van der Waals surface area contributed by atoms with Crippen LogP contribution >= 0.6 is 0 Å². The number of carbonyl (C=O) groups is 4. The quantitative estimate of drug-likeness (QED) is 0.562. The zero-order chi connectivity index (χ0) is 22.9. The lowest BCUT2D eigenvalue weighted by molar-refractivity contribution is -0.153. The van der Waals surface area contributed by atoms with E-state index in [1.165, 1.54) is 21.0 Å². The normalized spacial score (nSPS) is 15.9. The molecule has 1 aliphatic rings. The molecule has 0 spiro atoms. The van der Waals surface area contributed by atoms with Gasteiger partial charge in [-0.25, -0.2) is 4.79 Å². The van der Waals surface area contributed by atoms with Crippen LogP contribution in [0.2, 0.25) is 0 Å². The molecule has 2 heterocycles. The number of amides is 1. The Morgan fingerprint density at radius 2 is 1.90 bits per heavy atom. The fourth-order valence-corrected chi connectivity index (χ4v) is 4.05. The molecule has 1 amide bonds. The van der Waals surface area contributed by atoms with Gasteiger partial charge in [0.15, 0.2) is 11.9 Å². The van der Waals surface area contributed by atoms with Crippen LogP contribution < -0.4 is 4.90 Å². The number of rotatable bonds is 6. The smallest absolute Gasteiger partial charge is 0.339 e. The summed E-state index contributed by atoms with van der Waals surface area (Å²) < 4.78 is 10.2. The first-order chi connectivity index (χ1) is 14.6. The highest BCUT2D eigenvalue weighted by atomic mass is 16.5. The molecule has 0 saturated carbocycles. The highest BCUT2D eigenvalue weighted by Gasteiger charge is 2.35. The maximum atomic E-state index is 13.0. The number of fused-ring (bicyclic) bond motifs is 1. The van der Waals surface area contributed by atoms with Crippen molar-refractivity contribution in [2.45, 2.75) is 52.7 Å². The van der Waals surface area contributed by atoms with Crippen molar-refractivity contribution in [3.8, 4) is 0 Å². The van der Waals surface area contributed by atoms with Gasteiger partial charge in [-0.05, 0) is 44.4 Å². The van der Waals surface area contributed by atoms with Crippen molar-refractivity contribution in [2.75, 3.05) is 12.0 Å². The molecular formula is C23H26N2O6. The van der Waals surface area contributed by atoms with Crippen molar-refractivity contribution in [2.24, 2.45) is 0 Å². The lowest BCUT2D eigenvalue weighted by Crippen LogP contribution is -2.43. The van der Waals surface area contributed by atoms with Gasteiger partial charge in [-0.2, -0.15) is 0 Å². The van der Waals surface area contributed by atoms with Crippen LogP contribution in [-0.2, 0) is 31.9 Å². The van der Waals surface area contributed by atoms with Crippen LogP contribution in [0.15, 0.2) is 24.3 Å². The number of hydrogen-bond donors (Lipinski definition) is 1. The lowest BCUT2D eigenvalue weighted by Gasteiger charge is -2.25. The Morgan fingerprint density at radius 3 is 2.55 bits per heavy atom. The third-order valence-electron chi connectivity index (χ3n) is 5.49. The zero-order valence-electron chi connectivity index (χ0n) is 18.3. The molecule has 0 saturated heterocycles. The molecule has 0 unspecified atom stereocenters. The van der Waals surface area contributed by atoms with E-state index in [2.05, 4.69) is 4.98 Å². The van der Waals surface area contributed by atoms with E-state index in [0.29, 0.717) is 5.56 Å². The average molecular weight is 426 g/mol. The van der Waals surface area contributed by atoms with Gasteiger partial charge in [0, 0.05) is 24.3 Å². The van der Waals surface area contributed by atoms with Gasteiger partial charge in [-0.3, -0.25) is 14.4 Å². The predicted octanol–water partition coefficient (Wildman–Crippen LogP) is 2.76. The maximum absolute atomic E-state index is 13.0. The van der Waals surface area contributed by atoms with E-state index in [1.54, 1.807) is 11.8 Å². The molecule has 0 radical (unpaired) electrons. The third-order valence-corrected chi connectivity index (χ3v) is 5.49. The minimum atomic E-state index is -1.01. The number of benzene rings is 1. The van der Waals surface area contributed by atoms with Gasteiger partial charge in [-0.1, -0.05) is 18.2 Å². The first-order valence-corrected chi connectivity index (χ1v) is 10.1. The van der Waals surface area contributed by atoms with E-state index in [4.69, 9.17) is 9.47 Å². The van der Waals surface area contributed by atoms with Gasteiger partial charge < -0.3 is 19.4 Å². The van der Waals surface area contributed by atoms with Crippen LogP contribution in [0.4, 0.5) is 5.69 Å². The third kappa shape index (κ3) is 4.23. The fraction of sp³-hybridized carbons (Fsp3) is 0.391. The standard InChI is InChI=1S/C23H26N2O6/c1-12-10-16-8-6-7-9-18(16)25(12)22(28)15(4)31-19(27)11-17-20(23(29)30-5)13(2)21(24-17)14(3)26/h6-9,12,15,24H,10-11H2,1-5H3/t12-,15-/m0/s1. The Morgan fingerprint density at radius 1 is 1.23 bits per heavy atom. The zero-order valence-corrected chi connectivity index (χ0v) is 18.3. The molecule has 1 aromatic heterocycles. The number of carbonyl (C=O) groups excluding carboxylic acids is 4. The molecule has 0 bridgehead atoms. The summed E-state index contributed by atoms with van der Waals surface area (Å²) >= 11 is 0. The monoisotopic (exact) mass is 426 g/mol. The molecule has 1 aromatic carbocycles. The summed E-state index contributed by atoms with van der Waals surface area (Å²) in [6.45, 7) is 6.43. The summed E-state index contributed by atoms with van der Waals surface area (Å²) in [5, 5.41) is 0. The minimum absolute atomic E-state index is 0.0406. The van der Waals surface area contributed by atoms with E-state index in [9.17, 15) is 19.2 Å². The van der Waals surface area contributed by atoms with Crippen molar-refractivity contribution in [1.29, 1.82) is 0 Å². The maximum Gasteiger partial charge on any atom is 0.339 e. The molecule has 3 rings (SSSR count). The van der Waals surface area contributed by atoms with Crippen LogP contribution in [-0.4, -0.2) is 47.9 Å². The van der Waals surface area contributed by atoms with Gasteiger partial charge in [0.25, 0.3) is 5.91 Å². The average Bonchev–Trinajstić information content (AvgIpc) is 3.22. The second kappa shape index (κ2) is 8.75. The van der Waals surface area contributed by atoms with E-state index in [-0.39, 0.29) is 41.1 Å². The summed E-state index contributed by atoms with van der Waals surface area (Å²) in [5.41, 5.74) is 2.89. The van der Waals surface area contributed by atoms with E-state index in [0.717, 1.165) is 17.7 Å². The topological polar surface area (TPSA) is 106 Å². The Labute approximate surface area is 180 Å². The highest BCUT2D eigenvalue weighted by Crippen LogP contribution is 2.32. The van der Waals surface area contributed by atoms with Crippen molar-refractivity contribution < 1.29 is 28.7 Å². The summed E-state index contributed by atoms with van der Waals surface area (Å²) in [6.07, 6.45) is -0.575. The van der Waals surface area contributed by atoms with E-state index >= 15 is 0 Å². The minimum Gasteiger partial charge on any atom is -0.465 e. The first-order valence-electron chi connectivity index (χ1n) is 10.1. The van der Waals surface area contributed by atoms with Crippen molar-refractivity contribution in [3.63, 3.8) is 0 Å². The fourth-order valence-electron chi connectivity index (χ4n) is 4.05. The summed E-state index contributed by atoms with van der Waals surface area (Å²) in [7, 11) is 1.22. The van der Waals surface area contributed by atoms with Crippen LogP contribution in [0.3, 0.4) is 0 Å². The van der Waals surface area contributed by atoms with Crippen molar-refractivity contribution in [1.82, 2.24) is 4.98 Å². The molecule has 0 fully saturated rings. The summed E-state index contributed by atoms with van der Waals surface area (Å²) in [4.78, 5) is 54.0. The lowest BCUT2D eigenvalue weighted by atomic mass is 10.1. The number of methoxy groups -OCH3 is 1. The van der Waals surface area contributed by atoms with Crippen molar-refractivity contribution in [3.05, 3.63) is 52.3 Å². The highest BCUT2D eigenvalue weighted by molar-refractivity contribution is 6.02. The van der Waals surface area contributed by atoms with Gasteiger partial charge in [0.05, 0.1) is 24.8 Å². The number of aromatic nitrogens is 1. The molecule has 164 valence electrons. The number of para-hydroxylation sites is 1. The number of nitrogens with zero attached hydrogens (tertiary/aromatic N) is 1. The number of hydrogen-bond acceptors (Lipinski definition) is 6. The van der Waals surface area contributed by atoms with Gasteiger partial charge in [0.2, 0.25) is 0 Å². The number of anilines is 1. The molecule has 8 nitrogen and oxygen atoms in total. The largest absolute Gasteiger partial charge is 0.465 e. The Balaban J connectivity index is 1.75. The number of H-pyrrole nitrogens is 1. The van der Waals surface area contributed by atoms with Gasteiger partial charge >= 0.3 is 11.9 Å². The van der Waals surface area contributed by atoms with Gasteiger partial charge in [0.1, 0.15) is 0 Å². The number of nitrogens with one attached hydrogen (secondary N) is 1. The summed E-state index contributed by atoms with van der Waals surface area (Å²) in [6, 6.07) is 7.60. The Bertz CT molecular complexity index is 1050. The SMILES string of the molecule is COC(=O)c1c(CC(=O)O[C@@H](C)C(=O)N2c3ccccc3C[C@@H]2C)[nH]c(C(C)=O)c1C. The molecule has 31 heavy (non-hydrogen) atoms. The summed E-state index contributed by atoms with van der Waals surface area (Å²) in [5.74, 6) is -1.93. The Kier molecular flexibility index (Phi) is 6.29. The number of ether oxygens (including phenoxy) is 2. The van der Waals surface area contributed by atoms with Crippen LogP contribution in [0.25, 0.3) is 0 Å². The first kappa shape index (κ1) is 22.3. The van der Waals surface area contributed by atoms with E-state index in [1.807, 2.05) is 31.2 Å². The molecule has 0 aliphatic carbocycles. The van der Waals surface area contributed by atoms with Crippen LogP contribution in [0.5, 0.6) is 0 Å². The predicted molar refractivity (Wildman–Crippen MR) is 113 cm³/mol. The number of Topliss-reactive ketones (excluding diaryl/α,β-unsaturated/α-hetero) is 1. The molecule has 2 aromatic rings. The Hall–Kier alpha value is -3.42. The molecule has 1 aliphatic heterocycles. The van der Waals surface area contributed by atoms with Crippen molar-refractivity contribution >= 4 is 29.3 Å². The van der Waals surface area contributed by atoms with Crippen LogP contribution in [0, 0.1) is 6.92 Å². The van der Waals surface area contributed by atoms with E-state index < -0.39 is 18.0 Å². The van der Waals surface area contributed by atoms with Gasteiger partial charge in [-0.15, -0.1) is 0 Å². The second-order valence-corrected chi connectivity index (χ2v) is 7.73. The number of aromatic amines is 1. The molecule has 1 N–H and O–H groups in total. The number of ketones is 1. The second-order valence-electron chi connectivity index (χ2n) is 7.73. The van der Waals surface area contributed by atoms with Crippen LogP contribution in [0.1, 0.15) is 58.4 Å². The molecule has 8 heteroatoms.